The highest BCUT2D eigenvalue weighted by Gasteiger charge is 2.22. The second-order valence-corrected chi connectivity index (χ2v) is 9.69. The number of benzene rings is 2. The van der Waals surface area contributed by atoms with Crippen molar-refractivity contribution in [2.75, 3.05) is 24.3 Å². The van der Waals surface area contributed by atoms with Gasteiger partial charge in [-0.15, -0.1) is 10.2 Å². The lowest BCUT2D eigenvalue weighted by molar-refractivity contribution is -0.119. The maximum Gasteiger partial charge on any atom is 0.230 e. The van der Waals surface area contributed by atoms with Gasteiger partial charge in [-0.1, -0.05) is 49.1 Å². The molecule has 0 spiro atoms. The van der Waals surface area contributed by atoms with Crippen molar-refractivity contribution >= 4 is 39.8 Å². The lowest BCUT2D eigenvalue weighted by atomic mass is 9.95. The highest BCUT2D eigenvalue weighted by molar-refractivity contribution is 8.01. The van der Waals surface area contributed by atoms with Crippen molar-refractivity contribution in [3.63, 3.8) is 0 Å². The molecule has 0 aliphatic carbocycles. The van der Waals surface area contributed by atoms with Crippen LogP contribution < -0.4 is 20.1 Å². The predicted octanol–water partition coefficient (Wildman–Crippen LogP) is 4.80. The van der Waals surface area contributed by atoms with Gasteiger partial charge < -0.3 is 20.1 Å². The monoisotopic (exact) mass is 474 g/mol. The summed E-state index contributed by atoms with van der Waals surface area (Å²) in [5.41, 5.74) is 1.56. The first kappa shape index (κ1) is 22.3. The van der Waals surface area contributed by atoms with Crippen LogP contribution in [0.1, 0.15) is 25.5 Å². The number of carbonyl (C=O) groups is 1. The minimum Gasteiger partial charge on any atom is -0.486 e. The van der Waals surface area contributed by atoms with Crippen LogP contribution in [0.4, 0.5) is 15.2 Å². The number of hydrogen-bond donors (Lipinski definition) is 2. The van der Waals surface area contributed by atoms with Crippen LogP contribution in [-0.2, 0) is 4.79 Å². The fraction of sp³-hybridized carbons (Fsp3) is 0.318. The molecule has 2 aromatic carbocycles. The molecule has 168 valence electrons. The topological polar surface area (TPSA) is 85.4 Å². The Kier molecular flexibility index (Phi) is 7.11. The first-order chi connectivity index (χ1) is 15.5. The summed E-state index contributed by atoms with van der Waals surface area (Å²) in [4.78, 5) is 12.6. The van der Waals surface area contributed by atoms with Crippen LogP contribution in [-0.4, -0.2) is 35.1 Å². The Hall–Kier alpha value is -2.85. The van der Waals surface area contributed by atoms with Gasteiger partial charge in [0, 0.05) is 5.69 Å². The molecule has 3 aromatic rings. The highest BCUT2D eigenvalue weighted by Crippen LogP contribution is 2.34. The van der Waals surface area contributed by atoms with Crippen LogP contribution in [0.3, 0.4) is 0 Å². The number of nitrogens with zero attached hydrogens (tertiary/aromatic N) is 2. The lowest BCUT2D eigenvalue weighted by Gasteiger charge is -2.25. The Morgan fingerprint density at radius 1 is 1.16 bits per heavy atom. The van der Waals surface area contributed by atoms with Gasteiger partial charge in [-0.25, -0.2) is 4.39 Å². The molecular weight excluding hydrogens is 451 g/mol. The molecule has 7 nitrogen and oxygen atoms in total. The highest BCUT2D eigenvalue weighted by atomic mass is 32.2. The van der Waals surface area contributed by atoms with Crippen LogP contribution in [0.5, 0.6) is 11.5 Å². The number of nitrogens with one attached hydrogen (secondary N) is 2. The second kappa shape index (κ2) is 10.2. The molecular formula is C22H23FN4O3S2. The van der Waals surface area contributed by atoms with Crippen molar-refractivity contribution in [2.45, 2.75) is 24.2 Å². The molecule has 0 saturated carbocycles. The van der Waals surface area contributed by atoms with Crippen LogP contribution >= 0.6 is 23.1 Å². The van der Waals surface area contributed by atoms with Gasteiger partial charge in [0.2, 0.25) is 11.0 Å². The fourth-order valence-electron chi connectivity index (χ4n) is 3.24. The predicted molar refractivity (Wildman–Crippen MR) is 123 cm³/mol. The summed E-state index contributed by atoms with van der Waals surface area (Å²) in [7, 11) is 0. The molecule has 0 bridgehead atoms. The van der Waals surface area contributed by atoms with E-state index in [0.717, 1.165) is 11.3 Å². The van der Waals surface area contributed by atoms with Crippen LogP contribution in [0.15, 0.2) is 46.8 Å². The smallest absolute Gasteiger partial charge is 0.230 e. The number of thioether (sulfide) groups is 1. The number of halogens is 1. The summed E-state index contributed by atoms with van der Waals surface area (Å²) < 4.78 is 25.2. The Balaban J connectivity index is 1.34. The molecule has 0 saturated heterocycles. The second-order valence-electron chi connectivity index (χ2n) is 7.49. The summed E-state index contributed by atoms with van der Waals surface area (Å²) in [5.74, 6) is 1.40. The fourth-order valence-corrected chi connectivity index (χ4v) is 4.82. The Labute approximate surface area is 193 Å². The summed E-state index contributed by atoms with van der Waals surface area (Å²) in [6.07, 6.45) is 0. The molecule has 2 heterocycles. The van der Waals surface area contributed by atoms with Crippen molar-refractivity contribution in [3.05, 3.63) is 53.8 Å². The number of aromatic nitrogens is 2. The van der Waals surface area contributed by atoms with Gasteiger partial charge >= 0.3 is 0 Å². The lowest BCUT2D eigenvalue weighted by Crippen LogP contribution is -2.33. The van der Waals surface area contributed by atoms with Crippen molar-refractivity contribution in [2.24, 2.45) is 5.92 Å². The molecule has 4 rings (SSSR count). The van der Waals surface area contributed by atoms with E-state index in [1.54, 1.807) is 12.1 Å². The van der Waals surface area contributed by atoms with E-state index in [-0.39, 0.29) is 29.4 Å². The Morgan fingerprint density at radius 2 is 1.97 bits per heavy atom. The molecule has 1 aromatic heterocycles. The molecule has 0 radical (unpaired) electrons. The van der Waals surface area contributed by atoms with Crippen molar-refractivity contribution in [1.29, 1.82) is 0 Å². The first-order valence-corrected chi connectivity index (χ1v) is 12.0. The third-order valence-electron chi connectivity index (χ3n) is 4.72. The molecule has 0 fully saturated rings. The van der Waals surface area contributed by atoms with E-state index in [0.29, 0.717) is 34.1 Å². The number of fused-ring (bicyclic) bond motifs is 1. The summed E-state index contributed by atoms with van der Waals surface area (Å²) >= 11 is 2.62. The number of hydrogen-bond acceptors (Lipinski definition) is 8. The van der Waals surface area contributed by atoms with Gasteiger partial charge in [0.25, 0.3) is 0 Å². The number of rotatable bonds is 8. The zero-order valence-electron chi connectivity index (χ0n) is 17.6. The molecule has 2 N–H and O–H groups in total. The minimum atomic E-state index is -0.330. The maximum atomic E-state index is 13.3. The number of amides is 1. The average molecular weight is 475 g/mol. The number of carbonyl (C=O) groups excluding carboxylic acids is 1. The molecule has 32 heavy (non-hydrogen) atoms. The van der Waals surface area contributed by atoms with Gasteiger partial charge in [0.05, 0.1) is 11.8 Å². The Morgan fingerprint density at radius 3 is 2.75 bits per heavy atom. The summed E-state index contributed by atoms with van der Waals surface area (Å²) in [6, 6.07) is 11.7. The number of anilines is 2. The molecule has 1 atom stereocenters. The standard InChI is InChI=1S/C22H23FN4O3S2/c1-13(2)20(14-6-7-17-18(10-14)30-9-8-29-17)25-19(28)12-31-22-27-26-21(32-22)24-16-5-3-4-15(23)11-16/h3-7,10-11,13,20H,8-9,12H2,1-2H3,(H,24,26)(H,25,28). The van der Waals surface area contributed by atoms with Gasteiger partial charge in [0.1, 0.15) is 19.0 Å². The van der Waals surface area contributed by atoms with Crippen LogP contribution in [0, 0.1) is 11.7 Å². The van der Waals surface area contributed by atoms with Gasteiger partial charge in [-0.05, 0) is 41.8 Å². The van der Waals surface area contributed by atoms with Gasteiger partial charge in [-0.3, -0.25) is 4.79 Å². The summed E-state index contributed by atoms with van der Waals surface area (Å²) in [5, 5.41) is 14.8. The van der Waals surface area contributed by atoms with Crippen LogP contribution in [0.25, 0.3) is 0 Å². The molecule has 1 unspecified atom stereocenters. The van der Waals surface area contributed by atoms with E-state index < -0.39 is 0 Å². The van der Waals surface area contributed by atoms with E-state index in [4.69, 9.17) is 9.47 Å². The third-order valence-corrected chi connectivity index (χ3v) is 6.69. The van der Waals surface area contributed by atoms with E-state index in [2.05, 4.69) is 34.7 Å². The molecule has 1 aliphatic rings. The largest absolute Gasteiger partial charge is 0.486 e. The van der Waals surface area contributed by atoms with Crippen molar-refractivity contribution in [1.82, 2.24) is 15.5 Å². The quantitative estimate of drug-likeness (QED) is 0.454. The summed E-state index contributed by atoms with van der Waals surface area (Å²) in [6.45, 7) is 5.18. The molecule has 1 amide bonds. The van der Waals surface area contributed by atoms with Gasteiger partial charge in [0.15, 0.2) is 15.8 Å². The van der Waals surface area contributed by atoms with E-state index in [9.17, 15) is 9.18 Å². The zero-order chi connectivity index (χ0) is 22.5. The minimum absolute atomic E-state index is 0.0987. The molecule has 10 heteroatoms. The van der Waals surface area contributed by atoms with E-state index >= 15 is 0 Å². The van der Waals surface area contributed by atoms with Gasteiger partial charge in [-0.2, -0.15) is 0 Å². The van der Waals surface area contributed by atoms with Crippen LogP contribution in [0.2, 0.25) is 0 Å². The van der Waals surface area contributed by atoms with E-state index in [1.807, 2.05) is 18.2 Å². The first-order valence-electron chi connectivity index (χ1n) is 10.2. The van der Waals surface area contributed by atoms with Crippen molar-refractivity contribution in [3.8, 4) is 11.5 Å². The normalized spacial score (nSPS) is 13.6. The number of ether oxygens (including phenoxy) is 2. The third kappa shape index (κ3) is 5.68. The maximum absolute atomic E-state index is 13.3. The average Bonchev–Trinajstić information content (AvgIpc) is 3.23. The van der Waals surface area contributed by atoms with Crippen molar-refractivity contribution < 1.29 is 18.7 Å². The Bertz CT molecular complexity index is 1090. The molecule has 1 aliphatic heterocycles. The van der Waals surface area contributed by atoms with E-state index in [1.165, 1.54) is 35.2 Å². The zero-order valence-corrected chi connectivity index (χ0v) is 19.3. The SMILES string of the molecule is CC(C)C(NC(=O)CSc1nnc(Nc2cccc(F)c2)s1)c1ccc2c(c1)OCCO2.